The number of nitrogens with one attached hydrogen (secondary N) is 1. The van der Waals surface area contributed by atoms with Crippen molar-refractivity contribution < 1.29 is 9.59 Å². The van der Waals surface area contributed by atoms with Crippen LogP contribution in [0.5, 0.6) is 0 Å². The molecule has 0 radical (unpaired) electrons. The second kappa shape index (κ2) is 6.69. The number of amides is 2. The molecule has 2 amide bonds. The van der Waals surface area contributed by atoms with Crippen molar-refractivity contribution in [1.29, 1.82) is 0 Å². The summed E-state index contributed by atoms with van der Waals surface area (Å²) in [5, 5.41) is 3.40. The van der Waals surface area contributed by atoms with Crippen molar-refractivity contribution in [2.75, 3.05) is 18.4 Å². The quantitative estimate of drug-likeness (QED) is 0.865. The molecular formula is C17H23ClN2O2. The standard InChI is InChI=1S/C17H23ClN2O2/c1-12-5-4-10-20(11-12)16(22)17(2,3)15(21)19-14-8-6-13(18)7-9-14/h6-9,12H,4-5,10-11H2,1-3H3,(H,19,21). The zero-order valence-corrected chi connectivity index (χ0v) is 14.1. The van der Waals surface area contributed by atoms with Crippen LogP contribution in [-0.2, 0) is 9.59 Å². The second-order valence-electron chi connectivity index (χ2n) is 6.58. The van der Waals surface area contributed by atoms with Crippen molar-refractivity contribution >= 4 is 29.1 Å². The average molecular weight is 323 g/mol. The van der Waals surface area contributed by atoms with Gasteiger partial charge in [0.1, 0.15) is 5.41 Å². The number of anilines is 1. The molecule has 1 heterocycles. The molecule has 0 spiro atoms. The number of benzene rings is 1. The van der Waals surface area contributed by atoms with Crippen LogP contribution < -0.4 is 5.32 Å². The van der Waals surface area contributed by atoms with E-state index in [0.717, 1.165) is 25.9 Å². The first kappa shape index (κ1) is 16.8. The summed E-state index contributed by atoms with van der Waals surface area (Å²) in [5.41, 5.74) is -0.446. The number of hydrogen-bond donors (Lipinski definition) is 1. The molecule has 1 N–H and O–H groups in total. The van der Waals surface area contributed by atoms with E-state index in [4.69, 9.17) is 11.6 Å². The zero-order chi connectivity index (χ0) is 16.3. The third kappa shape index (κ3) is 3.80. The highest BCUT2D eigenvalue weighted by atomic mass is 35.5. The summed E-state index contributed by atoms with van der Waals surface area (Å²) in [6.07, 6.45) is 2.14. The fraction of sp³-hybridized carbons (Fsp3) is 0.529. The van der Waals surface area contributed by atoms with E-state index >= 15 is 0 Å². The van der Waals surface area contributed by atoms with Gasteiger partial charge in [0.25, 0.3) is 0 Å². The molecule has 1 aliphatic heterocycles. The Morgan fingerprint density at radius 3 is 2.50 bits per heavy atom. The average Bonchev–Trinajstić information content (AvgIpc) is 2.48. The lowest BCUT2D eigenvalue weighted by atomic mass is 9.88. The van der Waals surface area contributed by atoms with Crippen molar-refractivity contribution in [2.45, 2.75) is 33.6 Å². The highest BCUT2D eigenvalue weighted by Gasteiger charge is 2.40. The predicted molar refractivity (Wildman–Crippen MR) is 88.8 cm³/mol. The monoisotopic (exact) mass is 322 g/mol. The summed E-state index contributed by atoms with van der Waals surface area (Å²) in [4.78, 5) is 27.0. The Balaban J connectivity index is 2.05. The van der Waals surface area contributed by atoms with Gasteiger partial charge in [0.05, 0.1) is 0 Å². The van der Waals surface area contributed by atoms with Gasteiger partial charge < -0.3 is 10.2 Å². The Labute approximate surface area is 136 Å². The molecule has 0 aliphatic carbocycles. The van der Waals surface area contributed by atoms with E-state index in [1.54, 1.807) is 38.1 Å². The molecule has 5 heteroatoms. The molecule has 4 nitrogen and oxygen atoms in total. The lowest BCUT2D eigenvalue weighted by Crippen LogP contribution is -2.50. The number of nitrogens with zero attached hydrogens (tertiary/aromatic N) is 1. The van der Waals surface area contributed by atoms with Crippen LogP contribution in [0, 0.1) is 11.3 Å². The third-order valence-electron chi connectivity index (χ3n) is 4.15. The van der Waals surface area contributed by atoms with Gasteiger partial charge in [0.2, 0.25) is 11.8 Å². The van der Waals surface area contributed by atoms with E-state index in [1.807, 2.05) is 4.90 Å². The molecular weight excluding hydrogens is 300 g/mol. The molecule has 1 saturated heterocycles. The number of carbonyl (C=O) groups excluding carboxylic acids is 2. The number of hydrogen-bond acceptors (Lipinski definition) is 2. The highest BCUT2D eigenvalue weighted by Crippen LogP contribution is 2.26. The number of piperidine rings is 1. The topological polar surface area (TPSA) is 49.4 Å². The SMILES string of the molecule is CC1CCCN(C(=O)C(C)(C)C(=O)Nc2ccc(Cl)cc2)C1. The van der Waals surface area contributed by atoms with E-state index in [9.17, 15) is 9.59 Å². The molecule has 0 saturated carbocycles. The number of likely N-dealkylation sites (tertiary alicyclic amines) is 1. The van der Waals surface area contributed by atoms with Crippen LogP contribution in [0.25, 0.3) is 0 Å². The number of halogens is 1. The molecule has 22 heavy (non-hydrogen) atoms. The molecule has 2 rings (SSSR count). The van der Waals surface area contributed by atoms with E-state index in [1.165, 1.54) is 0 Å². The van der Waals surface area contributed by atoms with Crippen LogP contribution in [-0.4, -0.2) is 29.8 Å². The maximum atomic E-state index is 12.7. The Hall–Kier alpha value is -1.55. The molecule has 0 bridgehead atoms. The fourth-order valence-corrected chi connectivity index (χ4v) is 2.81. The van der Waals surface area contributed by atoms with Crippen LogP contribution in [0.4, 0.5) is 5.69 Å². The van der Waals surface area contributed by atoms with Gasteiger partial charge in [-0.3, -0.25) is 9.59 Å². The van der Waals surface area contributed by atoms with Crippen molar-refractivity contribution in [3.8, 4) is 0 Å². The van der Waals surface area contributed by atoms with Crippen LogP contribution in [0.15, 0.2) is 24.3 Å². The predicted octanol–water partition coefficient (Wildman–Crippen LogP) is 3.56. The van der Waals surface area contributed by atoms with E-state index < -0.39 is 5.41 Å². The lowest BCUT2D eigenvalue weighted by Gasteiger charge is -2.36. The van der Waals surface area contributed by atoms with Crippen LogP contribution in [0.1, 0.15) is 33.6 Å². The highest BCUT2D eigenvalue weighted by molar-refractivity contribution is 6.30. The summed E-state index contributed by atoms with van der Waals surface area (Å²) in [6.45, 7) is 6.97. The van der Waals surface area contributed by atoms with Gasteiger partial charge in [-0.05, 0) is 56.9 Å². The molecule has 1 atom stereocenters. The number of carbonyl (C=O) groups is 2. The van der Waals surface area contributed by atoms with Gasteiger partial charge in [0.15, 0.2) is 0 Å². The molecule has 0 aromatic heterocycles. The molecule has 1 fully saturated rings. The zero-order valence-electron chi connectivity index (χ0n) is 13.4. The largest absolute Gasteiger partial charge is 0.342 e. The minimum Gasteiger partial charge on any atom is -0.342 e. The van der Waals surface area contributed by atoms with Crippen molar-refractivity contribution in [3.63, 3.8) is 0 Å². The van der Waals surface area contributed by atoms with Gasteiger partial charge in [0, 0.05) is 23.8 Å². The molecule has 1 unspecified atom stereocenters. The first-order chi connectivity index (χ1) is 10.3. The minimum atomic E-state index is -1.09. The van der Waals surface area contributed by atoms with Gasteiger partial charge in [-0.2, -0.15) is 0 Å². The number of rotatable bonds is 3. The molecule has 1 aliphatic rings. The van der Waals surface area contributed by atoms with Crippen LogP contribution in [0.3, 0.4) is 0 Å². The van der Waals surface area contributed by atoms with Crippen LogP contribution >= 0.6 is 11.6 Å². The maximum absolute atomic E-state index is 12.7. The van der Waals surface area contributed by atoms with Crippen LogP contribution in [0.2, 0.25) is 5.02 Å². The third-order valence-corrected chi connectivity index (χ3v) is 4.40. The Morgan fingerprint density at radius 2 is 1.91 bits per heavy atom. The first-order valence-electron chi connectivity index (χ1n) is 7.67. The fourth-order valence-electron chi connectivity index (χ4n) is 2.69. The Kier molecular flexibility index (Phi) is 5.12. The van der Waals surface area contributed by atoms with Crippen molar-refractivity contribution in [1.82, 2.24) is 4.90 Å². The molecule has 120 valence electrons. The minimum absolute atomic E-state index is 0.106. The van der Waals surface area contributed by atoms with Gasteiger partial charge in [-0.25, -0.2) is 0 Å². The Bertz CT molecular complexity index is 554. The smallest absolute Gasteiger partial charge is 0.239 e. The van der Waals surface area contributed by atoms with Crippen molar-refractivity contribution in [2.24, 2.45) is 11.3 Å². The van der Waals surface area contributed by atoms with E-state index in [0.29, 0.717) is 16.6 Å². The van der Waals surface area contributed by atoms with E-state index in [-0.39, 0.29) is 11.8 Å². The molecule has 1 aromatic carbocycles. The first-order valence-corrected chi connectivity index (χ1v) is 8.05. The van der Waals surface area contributed by atoms with Gasteiger partial charge in [-0.15, -0.1) is 0 Å². The van der Waals surface area contributed by atoms with E-state index in [2.05, 4.69) is 12.2 Å². The summed E-state index contributed by atoms with van der Waals surface area (Å²) < 4.78 is 0. The Morgan fingerprint density at radius 1 is 1.27 bits per heavy atom. The second-order valence-corrected chi connectivity index (χ2v) is 7.02. The van der Waals surface area contributed by atoms with Crippen molar-refractivity contribution in [3.05, 3.63) is 29.3 Å². The maximum Gasteiger partial charge on any atom is 0.239 e. The summed E-state index contributed by atoms with van der Waals surface area (Å²) in [6, 6.07) is 6.87. The normalized spacial score (nSPS) is 18.9. The summed E-state index contributed by atoms with van der Waals surface area (Å²) in [5.74, 6) is 0.0939. The van der Waals surface area contributed by atoms with Gasteiger partial charge >= 0.3 is 0 Å². The summed E-state index contributed by atoms with van der Waals surface area (Å²) >= 11 is 5.83. The lowest BCUT2D eigenvalue weighted by molar-refractivity contribution is -0.147. The molecule has 1 aromatic rings. The summed E-state index contributed by atoms with van der Waals surface area (Å²) in [7, 11) is 0. The van der Waals surface area contributed by atoms with Gasteiger partial charge in [-0.1, -0.05) is 18.5 Å².